The summed E-state index contributed by atoms with van der Waals surface area (Å²) in [5.41, 5.74) is 0.202. The third-order valence-corrected chi connectivity index (χ3v) is 5.92. The summed E-state index contributed by atoms with van der Waals surface area (Å²) in [4.78, 5) is 0. The molecule has 0 unspecified atom stereocenters. The first kappa shape index (κ1) is 13.8. The molecule has 0 saturated heterocycles. The summed E-state index contributed by atoms with van der Waals surface area (Å²) < 4.78 is 46.3. The van der Waals surface area contributed by atoms with Crippen LogP contribution in [0.15, 0.2) is 24.3 Å². The SMILES string of the molecule is CN(c1cccc(O)c1)S(=O)(=O)CS(C)(=O)=O. The van der Waals surface area contributed by atoms with Crippen LogP contribution >= 0.6 is 0 Å². The molecule has 17 heavy (non-hydrogen) atoms. The summed E-state index contributed by atoms with van der Waals surface area (Å²) in [6.45, 7) is 0. The van der Waals surface area contributed by atoms with E-state index in [4.69, 9.17) is 0 Å². The van der Waals surface area contributed by atoms with Crippen molar-refractivity contribution >= 4 is 25.5 Å². The van der Waals surface area contributed by atoms with E-state index < -0.39 is 24.9 Å². The number of anilines is 1. The average Bonchev–Trinajstić information content (AvgIpc) is 2.12. The maximum Gasteiger partial charge on any atom is 0.249 e. The number of hydrogen-bond acceptors (Lipinski definition) is 5. The average molecular weight is 279 g/mol. The predicted octanol–water partition coefficient (Wildman–Crippen LogP) is 0.160. The Balaban J connectivity index is 3.09. The van der Waals surface area contributed by atoms with Crippen molar-refractivity contribution in [3.63, 3.8) is 0 Å². The Bertz CT molecular complexity index is 606. The van der Waals surface area contributed by atoms with Crippen molar-refractivity contribution in [1.29, 1.82) is 0 Å². The van der Waals surface area contributed by atoms with Gasteiger partial charge in [-0.05, 0) is 12.1 Å². The Morgan fingerprint density at radius 3 is 2.29 bits per heavy atom. The van der Waals surface area contributed by atoms with Crippen LogP contribution in [-0.2, 0) is 19.9 Å². The van der Waals surface area contributed by atoms with E-state index in [1.54, 1.807) is 0 Å². The molecule has 0 aliphatic carbocycles. The molecule has 1 N–H and O–H groups in total. The van der Waals surface area contributed by atoms with Crippen molar-refractivity contribution in [2.45, 2.75) is 0 Å². The summed E-state index contributed by atoms with van der Waals surface area (Å²) in [6.07, 6.45) is 0.848. The van der Waals surface area contributed by atoms with Crippen LogP contribution in [0.4, 0.5) is 5.69 Å². The van der Waals surface area contributed by atoms with Gasteiger partial charge in [-0.1, -0.05) is 6.07 Å². The fraction of sp³-hybridized carbons (Fsp3) is 0.333. The third kappa shape index (κ3) is 3.90. The summed E-state index contributed by atoms with van der Waals surface area (Å²) in [6, 6.07) is 5.55. The van der Waals surface area contributed by atoms with Crippen LogP contribution in [0.1, 0.15) is 0 Å². The number of sulfonamides is 1. The monoisotopic (exact) mass is 279 g/mol. The number of phenols is 1. The molecule has 0 radical (unpaired) electrons. The zero-order valence-corrected chi connectivity index (χ0v) is 11.0. The second kappa shape index (κ2) is 4.53. The number of rotatable bonds is 4. The Morgan fingerprint density at radius 1 is 1.24 bits per heavy atom. The van der Waals surface area contributed by atoms with Crippen molar-refractivity contribution < 1.29 is 21.9 Å². The van der Waals surface area contributed by atoms with E-state index in [2.05, 4.69) is 0 Å². The summed E-state index contributed by atoms with van der Waals surface area (Å²) in [7, 11) is -6.36. The lowest BCUT2D eigenvalue weighted by molar-refractivity contribution is 0.475. The summed E-state index contributed by atoms with van der Waals surface area (Å²) >= 11 is 0. The number of sulfone groups is 1. The van der Waals surface area contributed by atoms with Gasteiger partial charge in [0.1, 0.15) is 5.75 Å². The number of benzene rings is 1. The molecule has 0 aliphatic heterocycles. The van der Waals surface area contributed by atoms with E-state index in [1.807, 2.05) is 0 Å². The third-order valence-electron chi connectivity index (χ3n) is 1.97. The fourth-order valence-corrected chi connectivity index (χ4v) is 4.43. The van der Waals surface area contributed by atoms with E-state index in [1.165, 1.54) is 31.3 Å². The fourth-order valence-electron chi connectivity index (χ4n) is 1.20. The highest BCUT2D eigenvalue weighted by Crippen LogP contribution is 2.21. The normalized spacial score (nSPS) is 12.4. The topological polar surface area (TPSA) is 91.8 Å². The molecule has 6 nitrogen and oxygen atoms in total. The van der Waals surface area contributed by atoms with Crippen molar-refractivity contribution in [2.24, 2.45) is 0 Å². The standard InChI is InChI=1S/C9H13NO5S2/c1-10(8-4-3-5-9(11)6-8)17(14,15)7-16(2,12)13/h3-6,11H,7H2,1-2H3. The van der Waals surface area contributed by atoms with Crippen molar-refractivity contribution in [1.82, 2.24) is 0 Å². The van der Waals surface area contributed by atoms with Crippen LogP contribution in [0, 0.1) is 0 Å². The van der Waals surface area contributed by atoms with Crippen molar-refractivity contribution in [2.75, 3.05) is 22.7 Å². The molecule has 0 aromatic heterocycles. The minimum absolute atomic E-state index is 0.0936. The van der Waals surface area contributed by atoms with Gasteiger partial charge >= 0.3 is 0 Å². The highest BCUT2D eigenvalue weighted by atomic mass is 32.3. The quantitative estimate of drug-likeness (QED) is 0.847. The molecule has 0 fully saturated rings. The number of nitrogens with zero attached hydrogens (tertiary/aromatic N) is 1. The van der Waals surface area contributed by atoms with Crippen LogP contribution in [0.3, 0.4) is 0 Å². The zero-order valence-electron chi connectivity index (χ0n) is 9.36. The van der Waals surface area contributed by atoms with Crippen LogP contribution in [0.5, 0.6) is 5.75 Å². The van der Waals surface area contributed by atoms with Gasteiger partial charge in [-0.15, -0.1) is 0 Å². The lowest BCUT2D eigenvalue weighted by Gasteiger charge is -2.18. The first-order valence-corrected chi connectivity index (χ1v) is 8.22. The highest BCUT2D eigenvalue weighted by molar-refractivity contribution is 8.08. The van der Waals surface area contributed by atoms with E-state index in [9.17, 15) is 21.9 Å². The first-order chi connectivity index (χ1) is 7.62. The second-order valence-corrected chi connectivity index (χ2v) is 8.15. The molecule has 0 atom stereocenters. The van der Waals surface area contributed by atoms with Crippen molar-refractivity contribution in [3.8, 4) is 5.75 Å². The minimum Gasteiger partial charge on any atom is -0.508 e. The molecule has 0 aliphatic rings. The van der Waals surface area contributed by atoms with Gasteiger partial charge in [-0.2, -0.15) is 0 Å². The Labute approximate surface area is 100 Å². The molecule has 0 bridgehead atoms. The molecular formula is C9H13NO5S2. The van der Waals surface area contributed by atoms with Crippen LogP contribution in [0.25, 0.3) is 0 Å². The molecule has 0 spiro atoms. The van der Waals surface area contributed by atoms with Crippen LogP contribution in [0.2, 0.25) is 0 Å². The van der Waals surface area contributed by atoms with Crippen LogP contribution in [-0.4, -0.2) is 40.3 Å². The van der Waals surface area contributed by atoms with E-state index in [0.29, 0.717) is 0 Å². The molecule has 1 aromatic rings. The van der Waals surface area contributed by atoms with Crippen LogP contribution < -0.4 is 4.31 Å². The zero-order chi connectivity index (χ0) is 13.3. The van der Waals surface area contributed by atoms with Gasteiger partial charge in [-0.3, -0.25) is 4.31 Å². The number of phenolic OH excluding ortho intramolecular Hbond substituents is 1. The van der Waals surface area contributed by atoms with Gasteiger partial charge in [0.2, 0.25) is 10.0 Å². The predicted molar refractivity (Wildman–Crippen MR) is 65.1 cm³/mol. The Hall–Kier alpha value is -1.28. The van der Waals surface area contributed by atoms with E-state index in [-0.39, 0.29) is 11.4 Å². The van der Waals surface area contributed by atoms with Gasteiger partial charge in [0.05, 0.1) is 5.69 Å². The molecule has 1 aromatic carbocycles. The lowest BCUT2D eigenvalue weighted by atomic mass is 10.3. The maximum absolute atomic E-state index is 11.7. The Morgan fingerprint density at radius 2 is 1.82 bits per heavy atom. The summed E-state index contributed by atoms with van der Waals surface area (Å²) in [5, 5.41) is 8.25. The molecule has 0 saturated carbocycles. The van der Waals surface area contributed by atoms with Gasteiger partial charge < -0.3 is 5.11 Å². The second-order valence-electron chi connectivity index (χ2n) is 3.64. The number of aromatic hydroxyl groups is 1. The molecule has 96 valence electrons. The highest BCUT2D eigenvalue weighted by Gasteiger charge is 2.23. The first-order valence-electron chi connectivity index (χ1n) is 4.55. The van der Waals surface area contributed by atoms with E-state index in [0.717, 1.165) is 10.6 Å². The molecule has 8 heteroatoms. The van der Waals surface area contributed by atoms with Crippen molar-refractivity contribution in [3.05, 3.63) is 24.3 Å². The maximum atomic E-state index is 11.7. The number of hydrogen-bond donors (Lipinski definition) is 1. The summed E-state index contributed by atoms with van der Waals surface area (Å²) in [5.74, 6) is -0.0936. The molecule has 0 amide bonds. The lowest BCUT2D eigenvalue weighted by Crippen LogP contribution is -2.31. The van der Waals surface area contributed by atoms with Gasteiger partial charge in [0.25, 0.3) is 0 Å². The minimum atomic E-state index is -3.95. The van der Waals surface area contributed by atoms with E-state index >= 15 is 0 Å². The molecule has 1 rings (SSSR count). The largest absolute Gasteiger partial charge is 0.508 e. The van der Waals surface area contributed by atoms with Gasteiger partial charge in [-0.25, -0.2) is 16.8 Å². The smallest absolute Gasteiger partial charge is 0.249 e. The van der Waals surface area contributed by atoms with Gasteiger partial charge in [0.15, 0.2) is 14.9 Å². The Kier molecular flexibility index (Phi) is 3.68. The van der Waals surface area contributed by atoms with Gasteiger partial charge in [0, 0.05) is 19.4 Å². The molecular weight excluding hydrogens is 266 g/mol. The molecule has 0 heterocycles.